The molecule has 0 fully saturated rings. The summed E-state index contributed by atoms with van der Waals surface area (Å²) in [4.78, 5) is 28.1. The number of halogens is 3. The molecule has 154 valence electrons. The molecular weight excluding hydrogens is 449 g/mol. The second-order valence-corrected chi connectivity index (χ2v) is 7.89. The molecule has 3 rings (SSSR count). The molecule has 8 heteroatoms. The van der Waals surface area contributed by atoms with Crippen molar-refractivity contribution in [2.75, 3.05) is 0 Å². The highest BCUT2D eigenvalue weighted by Crippen LogP contribution is 2.32. The highest BCUT2D eigenvalue weighted by atomic mass is 35.5. The molecule has 0 spiro atoms. The molecule has 0 saturated carbocycles. The molecule has 30 heavy (non-hydrogen) atoms. The second kappa shape index (κ2) is 9.47. The SMILES string of the molecule is C[C@H](CC(=O)c1cc(Cl)cnc1Oc1ccc(Cl)c(Cl)c1)c1ccc(C(=O)O)cc1. The van der Waals surface area contributed by atoms with Crippen molar-refractivity contribution in [2.45, 2.75) is 19.3 Å². The number of carboxylic acid groups (broad SMARTS) is 1. The number of nitrogens with zero attached hydrogens (tertiary/aromatic N) is 1. The molecule has 5 nitrogen and oxygen atoms in total. The van der Waals surface area contributed by atoms with Gasteiger partial charge in [0.2, 0.25) is 5.88 Å². The third-order valence-corrected chi connectivity index (χ3v) is 5.39. The molecule has 0 radical (unpaired) electrons. The maximum atomic E-state index is 13.0. The lowest BCUT2D eigenvalue weighted by Gasteiger charge is -2.14. The number of benzene rings is 2. The lowest BCUT2D eigenvalue weighted by atomic mass is 9.93. The zero-order chi connectivity index (χ0) is 21.8. The molecule has 0 amide bonds. The van der Waals surface area contributed by atoms with Gasteiger partial charge in [0.25, 0.3) is 0 Å². The van der Waals surface area contributed by atoms with Crippen LogP contribution in [0.4, 0.5) is 0 Å². The topological polar surface area (TPSA) is 76.5 Å². The number of pyridine rings is 1. The molecule has 1 heterocycles. The summed E-state index contributed by atoms with van der Waals surface area (Å²) < 4.78 is 5.75. The van der Waals surface area contributed by atoms with Gasteiger partial charge in [-0.2, -0.15) is 0 Å². The second-order valence-electron chi connectivity index (χ2n) is 6.64. The number of hydrogen-bond donors (Lipinski definition) is 1. The third-order valence-electron chi connectivity index (χ3n) is 4.44. The Kier molecular flexibility index (Phi) is 6.98. The maximum Gasteiger partial charge on any atom is 0.335 e. The smallest absolute Gasteiger partial charge is 0.335 e. The van der Waals surface area contributed by atoms with Crippen LogP contribution in [-0.4, -0.2) is 21.8 Å². The molecule has 0 aliphatic carbocycles. The van der Waals surface area contributed by atoms with Crippen molar-refractivity contribution in [1.82, 2.24) is 4.98 Å². The third kappa shape index (κ3) is 5.30. The van der Waals surface area contributed by atoms with Gasteiger partial charge in [-0.1, -0.05) is 53.9 Å². The molecular formula is C22H16Cl3NO4. The van der Waals surface area contributed by atoms with E-state index in [9.17, 15) is 9.59 Å². The summed E-state index contributed by atoms with van der Waals surface area (Å²) in [6.07, 6.45) is 1.55. The van der Waals surface area contributed by atoms with Crippen molar-refractivity contribution in [2.24, 2.45) is 0 Å². The minimum Gasteiger partial charge on any atom is -0.478 e. The Bertz CT molecular complexity index is 1100. The minimum absolute atomic E-state index is 0.108. The van der Waals surface area contributed by atoms with Gasteiger partial charge in [-0.3, -0.25) is 4.79 Å². The Morgan fingerprint density at radius 3 is 2.37 bits per heavy atom. The highest BCUT2D eigenvalue weighted by Gasteiger charge is 2.20. The van der Waals surface area contributed by atoms with Gasteiger partial charge in [-0.15, -0.1) is 0 Å². The monoisotopic (exact) mass is 463 g/mol. The predicted molar refractivity (Wildman–Crippen MR) is 117 cm³/mol. The Morgan fingerprint density at radius 1 is 1.03 bits per heavy atom. The first kappa shape index (κ1) is 22.1. The molecule has 1 aromatic heterocycles. The number of hydrogen-bond acceptors (Lipinski definition) is 4. The molecule has 0 saturated heterocycles. The summed E-state index contributed by atoms with van der Waals surface area (Å²) in [6.45, 7) is 1.88. The number of rotatable bonds is 7. The lowest BCUT2D eigenvalue weighted by molar-refractivity contribution is 0.0696. The first-order valence-corrected chi connectivity index (χ1v) is 10.0. The summed E-state index contributed by atoms with van der Waals surface area (Å²) in [5.74, 6) is -0.881. The van der Waals surface area contributed by atoms with E-state index in [1.165, 1.54) is 30.5 Å². The van der Waals surface area contributed by atoms with Crippen LogP contribution in [0, 0.1) is 0 Å². The van der Waals surface area contributed by atoms with Gasteiger partial charge in [0.15, 0.2) is 5.78 Å². The van der Waals surface area contributed by atoms with Gasteiger partial charge in [-0.05, 0) is 41.8 Å². The molecule has 2 aromatic carbocycles. The normalized spacial score (nSPS) is 11.7. The highest BCUT2D eigenvalue weighted by molar-refractivity contribution is 6.42. The van der Waals surface area contributed by atoms with Crippen molar-refractivity contribution in [3.05, 3.63) is 86.5 Å². The number of carbonyl (C=O) groups is 2. The Labute approximate surface area is 188 Å². The summed E-state index contributed by atoms with van der Waals surface area (Å²) in [5, 5.41) is 10.0. The number of carboxylic acids is 1. The molecule has 1 atom stereocenters. The van der Waals surface area contributed by atoms with Crippen LogP contribution >= 0.6 is 34.8 Å². The average Bonchev–Trinajstić information content (AvgIpc) is 2.72. The number of Topliss-reactive ketones (excluding diaryl/α,β-unsaturated/α-hetero) is 1. The molecule has 3 aromatic rings. The largest absolute Gasteiger partial charge is 0.478 e. The predicted octanol–water partition coefficient (Wildman–Crippen LogP) is 6.91. The number of ketones is 1. The minimum atomic E-state index is -1.00. The standard InChI is InChI=1S/C22H16Cl3NO4/c1-12(13-2-4-14(5-3-13)22(28)29)8-20(27)17-9-15(23)11-26-21(17)30-16-6-7-18(24)19(25)10-16/h2-7,9-12H,8H2,1H3,(H,28,29)/t12-/m1/s1. The fraction of sp³-hybridized carbons (Fsp3) is 0.136. The summed E-state index contributed by atoms with van der Waals surface area (Å²) in [6, 6.07) is 12.7. The fourth-order valence-electron chi connectivity index (χ4n) is 2.82. The van der Waals surface area contributed by atoms with E-state index in [2.05, 4.69) is 4.98 Å². The number of carbonyl (C=O) groups excluding carboxylic acids is 1. The van der Waals surface area contributed by atoms with E-state index in [4.69, 9.17) is 44.6 Å². The van der Waals surface area contributed by atoms with E-state index in [1.807, 2.05) is 6.92 Å². The quantitative estimate of drug-likeness (QED) is 0.384. The van der Waals surface area contributed by atoms with Gasteiger partial charge in [0, 0.05) is 18.7 Å². The first-order valence-electron chi connectivity index (χ1n) is 8.89. The summed E-state index contributed by atoms with van der Waals surface area (Å²) in [7, 11) is 0. The Balaban J connectivity index is 1.81. The Morgan fingerprint density at radius 2 is 1.73 bits per heavy atom. The van der Waals surface area contributed by atoms with Crippen molar-refractivity contribution < 1.29 is 19.4 Å². The van der Waals surface area contributed by atoms with E-state index in [0.29, 0.717) is 20.8 Å². The fourth-order valence-corrected chi connectivity index (χ4v) is 3.27. The van der Waals surface area contributed by atoms with Crippen LogP contribution in [0.3, 0.4) is 0 Å². The summed E-state index contributed by atoms with van der Waals surface area (Å²) in [5.41, 5.74) is 1.27. The van der Waals surface area contributed by atoms with Gasteiger partial charge >= 0.3 is 5.97 Å². The number of aromatic nitrogens is 1. The molecule has 0 aliphatic rings. The van der Waals surface area contributed by atoms with E-state index in [-0.39, 0.29) is 35.1 Å². The van der Waals surface area contributed by atoms with E-state index in [0.717, 1.165) is 5.56 Å². The van der Waals surface area contributed by atoms with Crippen LogP contribution in [0.25, 0.3) is 0 Å². The molecule has 0 bridgehead atoms. The Hall–Kier alpha value is -2.60. The lowest BCUT2D eigenvalue weighted by Crippen LogP contribution is -2.08. The van der Waals surface area contributed by atoms with E-state index in [1.54, 1.807) is 24.3 Å². The van der Waals surface area contributed by atoms with E-state index >= 15 is 0 Å². The van der Waals surface area contributed by atoms with Gasteiger partial charge < -0.3 is 9.84 Å². The molecule has 1 N–H and O–H groups in total. The van der Waals surface area contributed by atoms with Gasteiger partial charge in [0.1, 0.15) is 5.75 Å². The maximum absolute atomic E-state index is 13.0. The van der Waals surface area contributed by atoms with Crippen LogP contribution in [0.5, 0.6) is 11.6 Å². The van der Waals surface area contributed by atoms with E-state index < -0.39 is 5.97 Å². The van der Waals surface area contributed by atoms with Crippen LogP contribution in [-0.2, 0) is 0 Å². The number of aromatic carboxylic acids is 1. The zero-order valence-electron chi connectivity index (χ0n) is 15.7. The van der Waals surface area contributed by atoms with Crippen LogP contribution < -0.4 is 4.74 Å². The zero-order valence-corrected chi connectivity index (χ0v) is 18.0. The van der Waals surface area contributed by atoms with Crippen molar-refractivity contribution >= 4 is 46.6 Å². The van der Waals surface area contributed by atoms with Gasteiger partial charge in [0.05, 0.1) is 26.2 Å². The van der Waals surface area contributed by atoms with Crippen molar-refractivity contribution in [3.63, 3.8) is 0 Å². The molecule has 0 aliphatic heterocycles. The first-order chi connectivity index (χ1) is 14.2. The van der Waals surface area contributed by atoms with Crippen LogP contribution in [0.1, 0.15) is 45.5 Å². The van der Waals surface area contributed by atoms with Gasteiger partial charge in [-0.25, -0.2) is 9.78 Å². The van der Waals surface area contributed by atoms with Crippen molar-refractivity contribution in [1.29, 1.82) is 0 Å². The van der Waals surface area contributed by atoms with Crippen LogP contribution in [0.2, 0.25) is 15.1 Å². The summed E-state index contributed by atoms with van der Waals surface area (Å²) >= 11 is 18.0. The van der Waals surface area contributed by atoms with Crippen LogP contribution in [0.15, 0.2) is 54.7 Å². The number of ether oxygens (including phenoxy) is 1. The molecule has 0 unspecified atom stereocenters. The van der Waals surface area contributed by atoms with Crippen molar-refractivity contribution in [3.8, 4) is 11.6 Å². The average molecular weight is 465 g/mol.